The van der Waals surface area contributed by atoms with E-state index in [1.807, 2.05) is 0 Å². The van der Waals surface area contributed by atoms with E-state index in [0.717, 1.165) is 6.04 Å². The Kier molecular flexibility index (Phi) is 43.7. The van der Waals surface area contributed by atoms with E-state index in [1.54, 1.807) is 0 Å². The van der Waals surface area contributed by atoms with Crippen LogP contribution in [0.4, 0.5) is 0 Å². The predicted molar refractivity (Wildman–Crippen MR) is 241 cm³/mol. The number of nitrogens with zero attached hydrogens (tertiary/aromatic N) is 1. The van der Waals surface area contributed by atoms with Gasteiger partial charge in [0.25, 0.3) is 0 Å². The molecule has 0 radical (unpaired) electrons. The molecule has 0 atom stereocenters. The molecule has 0 aliphatic carbocycles. The zero-order valence-electron chi connectivity index (χ0n) is 37.8. The number of unbranched alkanes of at least 4 members (excludes halogenated alkanes) is 39. The van der Waals surface area contributed by atoms with Crippen molar-refractivity contribution in [2.24, 2.45) is 0 Å². The van der Waals surface area contributed by atoms with Crippen molar-refractivity contribution in [2.45, 2.75) is 310 Å². The third-order valence-electron chi connectivity index (χ3n) is 13.0. The quantitative estimate of drug-likeness (QED) is 0.0432. The number of quaternary nitrogens is 1. The first-order chi connectivity index (χ1) is 25.6. The van der Waals surface area contributed by atoms with Crippen LogP contribution in [0.15, 0.2) is 0 Å². The highest BCUT2D eigenvalue weighted by Crippen LogP contribution is 2.23. The summed E-state index contributed by atoms with van der Waals surface area (Å²) in [7, 11) is 0. The van der Waals surface area contributed by atoms with E-state index in [9.17, 15) is 0 Å². The van der Waals surface area contributed by atoms with Gasteiger partial charge in [0, 0.05) is 0 Å². The van der Waals surface area contributed by atoms with E-state index >= 15 is 0 Å². The Hall–Kier alpha value is -0.0400. The predicted octanol–water partition coefficient (Wildman–Crippen LogP) is 18.7. The van der Waals surface area contributed by atoms with E-state index in [-0.39, 0.29) is 0 Å². The molecule has 0 aliphatic rings. The second-order valence-electron chi connectivity index (χ2n) is 18.3. The third kappa shape index (κ3) is 36.9. The zero-order chi connectivity index (χ0) is 37.9. The minimum atomic E-state index is 0.783. The molecule has 1 heteroatoms. The molecule has 1 nitrogen and oxygen atoms in total. The lowest BCUT2D eigenvalue weighted by Crippen LogP contribution is -2.55. The van der Waals surface area contributed by atoms with Gasteiger partial charge in [-0.15, -0.1) is 0 Å². The number of hydrogen-bond acceptors (Lipinski definition) is 0. The Morgan fingerprint density at radius 3 is 0.481 bits per heavy atom. The van der Waals surface area contributed by atoms with Crippen LogP contribution < -0.4 is 0 Å². The molecule has 0 bridgehead atoms. The zero-order valence-corrected chi connectivity index (χ0v) is 37.8. The summed E-state index contributed by atoms with van der Waals surface area (Å²) in [6, 6.07) is 0.783. The van der Waals surface area contributed by atoms with E-state index in [2.05, 4.69) is 34.6 Å². The molecule has 314 valence electrons. The van der Waals surface area contributed by atoms with Gasteiger partial charge in [-0.05, 0) is 52.4 Å². The summed E-state index contributed by atoms with van der Waals surface area (Å²) in [6.45, 7) is 16.5. The average Bonchev–Trinajstić information content (AvgIpc) is 3.14. The lowest BCUT2D eigenvalue weighted by molar-refractivity contribution is -0.948. The van der Waals surface area contributed by atoms with Crippen LogP contribution in [0.25, 0.3) is 0 Å². The monoisotopic (exact) mass is 733 g/mol. The summed E-state index contributed by atoms with van der Waals surface area (Å²) in [5.74, 6) is 0. The lowest BCUT2D eigenvalue weighted by Gasteiger charge is -2.43. The minimum Gasteiger partial charge on any atom is -0.322 e. The molecule has 0 aromatic carbocycles. The lowest BCUT2D eigenvalue weighted by atomic mass is 10.0. The topological polar surface area (TPSA) is 0 Å². The van der Waals surface area contributed by atoms with E-state index < -0.39 is 0 Å². The number of hydrogen-bond donors (Lipinski definition) is 0. The molecule has 0 N–H and O–H groups in total. The molecular formula is C51H106N+. The summed E-state index contributed by atoms with van der Waals surface area (Å²) in [6.07, 6.45) is 61.7. The highest BCUT2D eigenvalue weighted by molar-refractivity contribution is 4.57. The second-order valence-corrected chi connectivity index (χ2v) is 18.3. The summed E-state index contributed by atoms with van der Waals surface area (Å²) >= 11 is 0. The molecule has 0 spiro atoms. The highest BCUT2D eigenvalue weighted by Gasteiger charge is 2.29. The Labute approximate surface area is 333 Å². The molecule has 0 aromatic heterocycles. The molecule has 0 saturated carbocycles. The fourth-order valence-electron chi connectivity index (χ4n) is 8.97. The Morgan fingerprint density at radius 2 is 0.346 bits per heavy atom. The van der Waals surface area contributed by atoms with Crippen molar-refractivity contribution < 1.29 is 4.48 Å². The summed E-state index contributed by atoms with van der Waals surface area (Å²) < 4.78 is 1.43. The average molecular weight is 733 g/mol. The van der Waals surface area contributed by atoms with Crippen LogP contribution in [-0.4, -0.2) is 30.2 Å². The van der Waals surface area contributed by atoms with Gasteiger partial charge in [-0.1, -0.05) is 252 Å². The van der Waals surface area contributed by atoms with Crippen molar-refractivity contribution in [2.75, 3.05) is 19.6 Å². The van der Waals surface area contributed by atoms with Crippen molar-refractivity contribution in [3.05, 3.63) is 0 Å². The first-order valence-corrected chi connectivity index (χ1v) is 25.5. The molecule has 0 saturated heterocycles. The first kappa shape index (κ1) is 52.0. The molecule has 0 aliphatic heterocycles. The van der Waals surface area contributed by atoms with Crippen LogP contribution >= 0.6 is 0 Å². The second kappa shape index (κ2) is 43.7. The maximum Gasteiger partial charge on any atom is 0.0833 e. The molecule has 0 aromatic rings. The fourth-order valence-corrected chi connectivity index (χ4v) is 8.97. The van der Waals surface area contributed by atoms with E-state index in [4.69, 9.17) is 0 Å². The van der Waals surface area contributed by atoms with Gasteiger partial charge in [-0.25, -0.2) is 0 Å². The summed E-state index contributed by atoms with van der Waals surface area (Å²) in [5.41, 5.74) is 0. The fraction of sp³-hybridized carbons (Fsp3) is 1.00. The van der Waals surface area contributed by atoms with Crippen molar-refractivity contribution in [1.29, 1.82) is 0 Å². The van der Waals surface area contributed by atoms with Crippen LogP contribution in [0.1, 0.15) is 304 Å². The molecule has 0 heterocycles. The van der Waals surface area contributed by atoms with Gasteiger partial charge in [0.1, 0.15) is 0 Å². The van der Waals surface area contributed by atoms with Gasteiger partial charge in [0.15, 0.2) is 0 Å². The van der Waals surface area contributed by atoms with Gasteiger partial charge in [-0.2, -0.15) is 0 Å². The van der Waals surface area contributed by atoms with Crippen LogP contribution in [0.5, 0.6) is 0 Å². The first-order valence-electron chi connectivity index (χ1n) is 25.5. The number of rotatable bonds is 46. The molecular weight excluding hydrogens is 627 g/mol. The van der Waals surface area contributed by atoms with Gasteiger partial charge in [0.05, 0.1) is 25.7 Å². The molecule has 0 unspecified atom stereocenters. The van der Waals surface area contributed by atoms with Gasteiger partial charge in [0.2, 0.25) is 0 Å². The molecule has 52 heavy (non-hydrogen) atoms. The standard InChI is InChI=1S/C51H106N/c1-6-9-12-15-18-21-24-27-30-33-36-39-42-45-48-52(51(4)5,49-46-43-40-37-34-31-28-25-22-19-16-13-10-7-2)50-47-44-41-38-35-32-29-26-23-20-17-14-11-8-3/h51H,6-50H2,1-5H3/q+1. The Balaban J connectivity index is 4.34. The van der Waals surface area contributed by atoms with Crippen LogP contribution in [-0.2, 0) is 0 Å². The van der Waals surface area contributed by atoms with Crippen molar-refractivity contribution in [1.82, 2.24) is 0 Å². The van der Waals surface area contributed by atoms with Crippen molar-refractivity contribution >= 4 is 0 Å². The minimum absolute atomic E-state index is 0.783. The Bertz CT molecular complexity index is 546. The van der Waals surface area contributed by atoms with E-state index in [0.29, 0.717) is 0 Å². The van der Waals surface area contributed by atoms with Gasteiger partial charge < -0.3 is 4.48 Å². The Morgan fingerprint density at radius 1 is 0.212 bits per heavy atom. The molecule has 0 rings (SSSR count). The molecule has 0 fully saturated rings. The molecule has 0 amide bonds. The van der Waals surface area contributed by atoms with Crippen LogP contribution in [0, 0.1) is 0 Å². The smallest absolute Gasteiger partial charge is 0.0833 e. The third-order valence-corrected chi connectivity index (χ3v) is 13.0. The highest BCUT2D eigenvalue weighted by atomic mass is 15.4. The SMILES string of the molecule is CCCCCCCCCCCCCCCC[N+](CCCCCCCCCCCCCCCC)(CCCCCCCCCCCCCCCC)C(C)C. The normalized spacial score (nSPS) is 12.1. The largest absolute Gasteiger partial charge is 0.322 e. The van der Waals surface area contributed by atoms with Crippen molar-refractivity contribution in [3.63, 3.8) is 0 Å². The van der Waals surface area contributed by atoms with Gasteiger partial charge >= 0.3 is 0 Å². The maximum atomic E-state index is 2.57. The van der Waals surface area contributed by atoms with E-state index in [1.165, 1.54) is 294 Å². The van der Waals surface area contributed by atoms with Crippen LogP contribution in [0.2, 0.25) is 0 Å². The summed E-state index contributed by atoms with van der Waals surface area (Å²) in [5, 5.41) is 0. The van der Waals surface area contributed by atoms with Gasteiger partial charge in [-0.3, -0.25) is 0 Å². The van der Waals surface area contributed by atoms with Crippen molar-refractivity contribution in [3.8, 4) is 0 Å². The van der Waals surface area contributed by atoms with Crippen LogP contribution in [0.3, 0.4) is 0 Å². The summed E-state index contributed by atoms with van der Waals surface area (Å²) in [4.78, 5) is 0. The maximum absolute atomic E-state index is 2.57.